The van der Waals surface area contributed by atoms with Crippen LogP contribution in [0.2, 0.25) is 0 Å². The number of ether oxygens (including phenoxy) is 1. The van der Waals surface area contributed by atoms with Crippen LogP contribution >= 0.6 is 11.6 Å². The number of nitrogens with zero attached hydrogens (tertiary/aromatic N) is 1. The van der Waals surface area contributed by atoms with Crippen molar-refractivity contribution in [2.75, 3.05) is 25.6 Å². The number of sulfonamides is 1. The minimum Gasteiger partial charge on any atom is -0.377 e. The molecule has 112 valence electrons. The standard InChI is InChI=1S/C13H17ClFNO3S/c14-7-10-19-12-5-8-16(9-6-12)20(17,18)13-3-1-11(15)2-4-13/h1-4,12H,5-10H2. The van der Waals surface area contributed by atoms with Gasteiger partial charge in [-0.2, -0.15) is 4.31 Å². The molecule has 0 saturated carbocycles. The SMILES string of the molecule is O=S(=O)(c1ccc(F)cc1)N1CCC(OCCCl)CC1. The van der Waals surface area contributed by atoms with E-state index < -0.39 is 15.8 Å². The number of hydrogen-bond donors (Lipinski definition) is 0. The summed E-state index contributed by atoms with van der Waals surface area (Å²) in [4.78, 5) is 0.124. The van der Waals surface area contributed by atoms with Gasteiger partial charge in [-0.15, -0.1) is 11.6 Å². The molecule has 0 N–H and O–H groups in total. The van der Waals surface area contributed by atoms with Crippen LogP contribution in [0.3, 0.4) is 0 Å². The lowest BCUT2D eigenvalue weighted by Gasteiger charge is -2.31. The lowest BCUT2D eigenvalue weighted by atomic mass is 10.1. The number of piperidine rings is 1. The van der Waals surface area contributed by atoms with Gasteiger partial charge in [-0.3, -0.25) is 0 Å². The van der Waals surface area contributed by atoms with Crippen LogP contribution in [0.5, 0.6) is 0 Å². The highest BCUT2D eigenvalue weighted by atomic mass is 35.5. The summed E-state index contributed by atoms with van der Waals surface area (Å²) in [6, 6.07) is 4.90. The summed E-state index contributed by atoms with van der Waals surface area (Å²) in [5, 5.41) is 0. The van der Waals surface area contributed by atoms with Gasteiger partial charge in [0, 0.05) is 19.0 Å². The van der Waals surface area contributed by atoms with Gasteiger partial charge < -0.3 is 4.74 Å². The molecule has 1 aromatic rings. The van der Waals surface area contributed by atoms with Crippen molar-refractivity contribution in [1.29, 1.82) is 0 Å². The first-order valence-corrected chi connectivity index (χ1v) is 8.45. The number of benzene rings is 1. The van der Waals surface area contributed by atoms with Gasteiger partial charge in [0.15, 0.2) is 0 Å². The van der Waals surface area contributed by atoms with Crippen LogP contribution in [-0.4, -0.2) is 44.4 Å². The minimum absolute atomic E-state index is 0.0633. The molecule has 20 heavy (non-hydrogen) atoms. The van der Waals surface area contributed by atoms with Gasteiger partial charge in [-0.25, -0.2) is 12.8 Å². The molecule has 1 heterocycles. The van der Waals surface area contributed by atoms with E-state index in [4.69, 9.17) is 16.3 Å². The summed E-state index contributed by atoms with van der Waals surface area (Å²) in [6.45, 7) is 1.30. The van der Waals surface area contributed by atoms with E-state index in [2.05, 4.69) is 0 Å². The smallest absolute Gasteiger partial charge is 0.243 e. The van der Waals surface area contributed by atoms with Gasteiger partial charge in [0.05, 0.1) is 17.6 Å². The Kier molecular flexibility index (Phi) is 5.37. The molecule has 0 spiro atoms. The van der Waals surface area contributed by atoms with Crippen LogP contribution in [0.1, 0.15) is 12.8 Å². The second-order valence-corrected chi connectivity index (χ2v) is 6.93. The van der Waals surface area contributed by atoms with Gasteiger partial charge >= 0.3 is 0 Å². The Morgan fingerprint density at radius 2 is 1.85 bits per heavy atom. The van der Waals surface area contributed by atoms with Gasteiger partial charge in [-0.05, 0) is 37.1 Å². The van der Waals surface area contributed by atoms with E-state index in [0.717, 1.165) is 12.1 Å². The molecule has 0 unspecified atom stereocenters. The maximum absolute atomic E-state index is 12.9. The van der Waals surface area contributed by atoms with E-state index in [1.54, 1.807) is 0 Å². The second kappa shape index (κ2) is 6.85. The number of halogens is 2. The number of rotatable bonds is 5. The van der Waals surface area contributed by atoms with Crippen LogP contribution in [0.25, 0.3) is 0 Å². The molecule has 4 nitrogen and oxygen atoms in total. The fourth-order valence-corrected chi connectivity index (χ4v) is 3.76. The number of hydrogen-bond acceptors (Lipinski definition) is 3. The molecular formula is C13H17ClFNO3S. The lowest BCUT2D eigenvalue weighted by Crippen LogP contribution is -2.41. The topological polar surface area (TPSA) is 46.6 Å². The largest absolute Gasteiger partial charge is 0.377 e. The van der Waals surface area contributed by atoms with E-state index in [-0.39, 0.29) is 11.0 Å². The summed E-state index contributed by atoms with van der Waals surface area (Å²) in [7, 11) is -3.54. The number of alkyl halides is 1. The third-order valence-electron chi connectivity index (χ3n) is 3.28. The molecule has 0 amide bonds. The predicted octanol–water partition coefficient (Wildman–Crippen LogP) is 2.23. The van der Waals surface area contributed by atoms with Gasteiger partial charge in [0.1, 0.15) is 5.82 Å². The minimum atomic E-state index is -3.54. The molecule has 7 heteroatoms. The molecule has 0 bridgehead atoms. The summed E-state index contributed by atoms with van der Waals surface area (Å²) < 4.78 is 44.5. The van der Waals surface area contributed by atoms with E-state index in [1.165, 1.54) is 16.4 Å². The fraction of sp³-hybridized carbons (Fsp3) is 0.538. The second-order valence-electron chi connectivity index (χ2n) is 4.62. The highest BCUT2D eigenvalue weighted by molar-refractivity contribution is 7.89. The lowest BCUT2D eigenvalue weighted by molar-refractivity contribution is 0.0301. The molecule has 1 aliphatic heterocycles. The van der Waals surface area contributed by atoms with Gasteiger partial charge in [0.2, 0.25) is 10.0 Å². The Morgan fingerprint density at radius 1 is 1.25 bits per heavy atom. The zero-order valence-electron chi connectivity index (χ0n) is 11.0. The Bertz CT molecular complexity index is 527. The van der Waals surface area contributed by atoms with E-state index in [0.29, 0.717) is 38.4 Å². The van der Waals surface area contributed by atoms with Crippen molar-refractivity contribution in [2.24, 2.45) is 0 Å². The monoisotopic (exact) mass is 321 g/mol. The first kappa shape index (κ1) is 15.7. The Labute approximate surface area is 123 Å². The highest BCUT2D eigenvalue weighted by Crippen LogP contribution is 2.22. The Hall–Kier alpha value is -0.690. The molecule has 0 aliphatic carbocycles. The maximum atomic E-state index is 12.9. The average molecular weight is 322 g/mol. The van der Waals surface area contributed by atoms with Crippen LogP contribution in [0.4, 0.5) is 4.39 Å². The molecule has 1 aliphatic rings. The fourth-order valence-electron chi connectivity index (χ4n) is 2.21. The average Bonchev–Trinajstić information content (AvgIpc) is 2.46. The third kappa shape index (κ3) is 3.69. The Balaban J connectivity index is 2.00. The van der Waals surface area contributed by atoms with Crippen LogP contribution in [0.15, 0.2) is 29.2 Å². The summed E-state index contributed by atoms with van der Waals surface area (Å²) >= 11 is 5.55. The van der Waals surface area contributed by atoms with Crippen molar-refractivity contribution < 1.29 is 17.5 Å². The summed E-state index contributed by atoms with van der Waals surface area (Å²) in [6.07, 6.45) is 1.36. The van der Waals surface area contributed by atoms with Crippen molar-refractivity contribution in [3.8, 4) is 0 Å². The van der Waals surface area contributed by atoms with Crippen molar-refractivity contribution in [1.82, 2.24) is 4.31 Å². The van der Waals surface area contributed by atoms with Crippen molar-refractivity contribution in [2.45, 2.75) is 23.8 Å². The molecule has 0 aromatic heterocycles. The maximum Gasteiger partial charge on any atom is 0.243 e. The third-order valence-corrected chi connectivity index (χ3v) is 5.35. The molecule has 0 atom stereocenters. The predicted molar refractivity (Wildman–Crippen MR) is 74.9 cm³/mol. The van der Waals surface area contributed by atoms with Gasteiger partial charge in [-0.1, -0.05) is 0 Å². The van der Waals surface area contributed by atoms with Crippen molar-refractivity contribution in [3.05, 3.63) is 30.1 Å². The van der Waals surface area contributed by atoms with Crippen LogP contribution in [-0.2, 0) is 14.8 Å². The molecule has 1 fully saturated rings. The molecule has 1 saturated heterocycles. The summed E-state index contributed by atoms with van der Waals surface area (Å²) in [5.74, 6) is -0.00852. The van der Waals surface area contributed by atoms with E-state index in [9.17, 15) is 12.8 Å². The zero-order valence-corrected chi connectivity index (χ0v) is 12.5. The normalized spacial score (nSPS) is 18.3. The molecule has 2 rings (SSSR count). The van der Waals surface area contributed by atoms with Crippen LogP contribution in [0, 0.1) is 5.82 Å². The summed E-state index contributed by atoms with van der Waals surface area (Å²) in [5.41, 5.74) is 0. The van der Waals surface area contributed by atoms with E-state index in [1.807, 2.05) is 0 Å². The quantitative estimate of drug-likeness (QED) is 0.781. The van der Waals surface area contributed by atoms with Crippen molar-refractivity contribution >= 4 is 21.6 Å². The highest BCUT2D eigenvalue weighted by Gasteiger charge is 2.29. The van der Waals surface area contributed by atoms with Crippen LogP contribution < -0.4 is 0 Å². The molecule has 1 aromatic carbocycles. The Morgan fingerprint density at radius 3 is 2.40 bits per heavy atom. The van der Waals surface area contributed by atoms with E-state index >= 15 is 0 Å². The first-order chi connectivity index (χ1) is 9.54. The van der Waals surface area contributed by atoms with Gasteiger partial charge in [0.25, 0.3) is 0 Å². The molecule has 0 radical (unpaired) electrons. The van der Waals surface area contributed by atoms with Crippen molar-refractivity contribution in [3.63, 3.8) is 0 Å². The first-order valence-electron chi connectivity index (χ1n) is 6.47. The zero-order chi connectivity index (χ0) is 14.6. The molecular weight excluding hydrogens is 305 g/mol.